The van der Waals surface area contributed by atoms with Crippen molar-refractivity contribution in [3.8, 4) is 0 Å². The third kappa shape index (κ3) is 5.12. The lowest BCUT2D eigenvalue weighted by molar-refractivity contribution is 0.105. The molecule has 0 nitrogen and oxygen atoms in total. The van der Waals surface area contributed by atoms with E-state index in [-0.39, 0.29) is 0 Å². The Balaban J connectivity index is 4.67. The van der Waals surface area contributed by atoms with Gasteiger partial charge in [0.25, 0.3) is 0 Å². The molecule has 19 heavy (non-hydrogen) atoms. The highest BCUT2D eigenvalue weighted by Gasteiger charge is 2.31. The molecule has 0 fully saturated rings. The minimum atomic E-state index is 0.798. The first-order valence-corrected chi connectivity index (χ1v) is 8.64. The van der Waals surface area contributed by atoms with E-state index in [1.54, 1.807) is 0 Å². The maximum absolute atomic E-state index is 2.48. The molecule has 7 atom stereocenters. The fourth-order valence-corrected chi connectivity index (χ4v) is 3.41. The minimum absolute atomic E-state index is 0.798. The van der Waals surface area contributed by atoms with Gasteiger partial charge in [0.15, 0.2) is 0 Å². The molecule has 0 aliphatic carbocycles. The standard InChI is InChI=1S/C19H40/c1-11-13(4)15(6)17(8)19(10)18(9)16(7)14(5)12(2)3/h12-19H,11H2,1-10H3. The zero-order valence-corrected chi connectivity index (χ0v) is 15.3. The maximum Gasteiger partial charge on any atom is -0.0386 e. The Hall–Kier alpha value is 0. The van der Waals surface area contributed by atoms with Crippen molar-refractivity contribution >= 4 is 0 Å². The van der Waals surface area contributed by atoms with Crippen molar-refractivity contribution in [2.45, 2.75) is 75.7 Å². The van der Waals surface area contributed by atoms with Gasteiger partial charge in [-0.2, -0.15) is 0 Å². The van der Waals surface area contributed by atoms with E-state index in [1.165, 1.54) is 6.42 Å². The smallest absolute Gasteiger partial charge is 0.0386 e. The molecule has 0 heteroatoms. The Bertz CT molecular complexity index is 230. The van der Waals surface area contributed by atoms with Crippen LogP contribution in [0.15, 0.2) is 0 Å². The van der Waals surface area contributed by atoms with Crippen molar-refractivity contribution in [1.82, 2.24) is 0 Å². The molecule has 0 radical (unpaired) electrons. The molecular formula is C19H40. The van der Waals surface area contributed by atoms with Crippen LogP contribution in [0.3, 0.4) is 0 Å². The Kier molecular flexibility index (Phi) is 8.32. The third-order valence-corrected chi connectivity index (χ3v) is 6.74. The van der Waals surface area contributed by atoms with Gasteiger partial charge in [0, 0.05) is 0 Å². The number of hydrogen-bond acceptors (Lipinski definition) is 0. The lowest BCUT2D eigenvalue weighted by Gasteiger charge is -2.38. The van der Waals surface area contributed by atoms with Gasteiger partial charge in [-0.05, 0) is 47.3 Å². The molecule has 0 rings (SSSR count). The summed E-state index contributed by atoms with van der Waals surface area (Å²) in [5, 5.41) is 0. The van der Waals surface area contributed by atoms with Gasteiger partial charge in [-0.15, -0.1) is 0 Å². The van der Waals surface area contributed by atoms with Crippen LogP contribution in [0.25, 0.3) is 0 Å². The lowest BCUT2D eigenvalue weighted by Crippen LogP contribution is -2.32. The number of hydrogen-bond donors (Lipinski definition) is 0. The zero-order chi connectivity index (χ0) is 15.3. The van der Waals surface area contributed by atoms with Crippen LogP contribution in [-0.4, -0.2) is 0 Å². The first kappa shape index (κ1) is 19.0. The zero-order valence-electron chi connectivity index (χ0n) is 15.3. The summed E-state index contributed by atoms with van der Waals surface area (Å²) in [6, 6.07) is 0. The van der Waals surface area contributed by atoms with Crippen LogP contribution in [-0.2, 0) is 0 Å². The molecule has 0 N–H and O–H groups in total. The Morgan fingerprint density at radius 2 is 0.789 bits per heavy atom. The Morgan fingerprint density at radius 3 is 1.11 bits per heavy atom. The summed E-state index contributed by atoms with van der Waals surface area (Å²) in [5.41, 5.74) is 0. The normalized spacial score (nSPS) is 23.5. The molecule has 0 aromatic carbocycles. The van der Waals surface area contributed by atoms with Crippen molar-refractivity contribution in [2.24, 2.45) is 47.3 Å². The molecule has 0 aliphatic heterocycles. The molecule has 0 saturated heterocycles. The first-order chi connectivity index (χ1) is 8.64. The second-order valence-electron chi connectivity index (χ2n) is 7.78. The molecule has 0 aliphatic rings. The highest BCUT2D eigenvalue weighted by Crippen LogP contribution is 2.38. The van der Waals surface area contributed by atoms with Gasteiger partial charge in [0.2, 0.25) is 0 Å². The van der Waals surface area contributed by atoms with Crippen LogP contribution >= 0.6 is 0 Å². The molecule has 0 bridgehead atoms. The molecule has 0 heterocycles. The van der Waals surface area contributed by atoms with E-state index < -0.39 is 0 Å². The topological polar surface area (TPSA) is 0 Å². The molecule has 0 amide bonds. The average Bonchev–Trinajstić information content (AvgIpc) is 2.40. The summed E-state index contributed by atoms with van der Waals surface area (Å²) >= 11 is 0. The van der Waals surface area contributed by atoms with E-state index in [1.807, 2.05) is 0 Å². The summed E-state index contributed by atoms with van der Waals surface area (Å²) < 4.78 is 0. The second kappa shape index (κ2) is 8.32. The molecule has 0 aromatic rings. The van der Waals surface area contributed by atoms with Crippen molar-refractivity contribution in [2.75, 3.05) is 0 Å². The Morgan fingerprint density at radius 1 is 0.474 bits per heavy atom. The molecule has 0 aromatic heterocycles. The summed E-state index contributed by atoms with van der Waals surface area (Å²) in [6.45, 7) is 24.3. The van der Waals surface area contributed by atoms with Crippen molar-refractivity contribution in [3.05, 3.63) is 0 Å². The van der Waals surface area contributed by atoms with Crippen molar-refractivity contribution in [1.29, 1.82) is 0 Å². The maximum atomic E-state index is 2.48. The quantitative estimate of drug-likeness (QED) is 0.471. The van der Waals surface area contributed by atoms with Gasteiger partial charge in [-0.1, -0.05) is 75.7 Å². The van der Waals surface area contributed by atoms with Crippen LogP contribution in [0.2, 0.25) is 0 Å². The molecule has 0 saturated carbocycles. The van der Waals surface area contributed by atoms with Crippen LogP contribution < -0.4 is 0 Å². The van der Waals surface area contributed by atoms with Crippen LogP contribution in [0.4, 0.5) is 0 Å². The van der Waals surface area contributed by atoms with Crippen LogP contribution in [0, 0.1) is 47.3 Å². The number of rotatable bonds is 8. The molecule has 116 valence electrons. The minimum Gasteiger partial charge on any atom is -0.0651 e. The summed E-state index contributed by atoms with van der Waals surface area (Å²) in [5.74, 6) is 6.59. The second-order valence-corrected chi connectivity index (χ2v) is 7.78. The van der Waals surface area contributed by atoms with Gasteiger partial charge < -0.3 is 0 Å². The monoisotopic (exact) mass is 268 g/mol. The fraction of sp³-hybridized carbons (Fsp3) is 1.00. The van der Waals surface area contributed by atoms with E-state index in [2.05, 4.69) is 69.2 Å². The van der Waals surface area contributed by atoms with E-state index >= 15 is 0 Å². The van der Waals surface area contributed by atoms with Gasteiger partial charge in [0.05, 0.1) is 0 Å². The van der Waals surface area contributed by atoms with Crippen LogP contribution in [0.5, 0.6) is 0 Å². The predicted octanol–water partition coefficient (Wildman–Crippen LogP) is 6.51. The van der Waals surface area contributed by atoms with Gasteiger partial charge in [-0.25, -0.2) is 0 Å². The largest absolute Gasteiger partial charge is 0.0651 e. The van der Waals surface area contributed by atoms with Crippen molar-refractivity contribution in [3.63, 3.8) is 0 Å². The third-order valence-electron chi connectivity index (χ3n) is 6.74. The van der Waals surface area contributed by atoms with Crippen molar-refractivity contribution < 1.29 is 0 Å². The summed E-state index contributed by atoms with van der Waals surface area (Å²) in [4.78, 5) is 0. The molecule has 7 unspecified atom stereocenters. The molecule has 0 spiro atoms. The van der Waals surface area contributed by atoms with Gasteiger partial charge >= 0.3 is 0 Å². The molecular weight excluding hydrogens is 228 g/mol. The first-order valence-electron chi connectivity index (χ1n) is 8.64. The van der Waals surface area contributed by atoms with Crippen LogP contribution in [0.1, 0.15) is 75.7 Å². The van der Waals surface area contributed by atoms with E-state index in [4.69, 9.17) is 0 Å². The van der Waals surface area contributed by atoms with Gasteiger partial charge in [0.1, 0.15) is 0 Å². The summed E-state index contributed by atoms with van der Waals surface area (Å²) in [6.07, 6.45) is 1.31. The van der Waals surface area contributed by atoms with Gasteiger partial charge in [-0.3, -0.25) is 0 Å². The lowest BCUT2D eigenvalue weighted by atomic mass is 9.67. The van der Waals surface area contributed by atoms with E-state index in [0.717, 1.165) is 47.3 Å². The fourth-order valence-electron chi connectivity index (χ4n) is 3.41. The Labute approximate surface area is 123 Å². The highest BCUT2D eigenvalue weighted by molar-refractivity contribution is 4.80. The highest BCUT2D eigenvalue weighted by atomic mass is 14.4. The predicted molar refractivity (Wildman–Crippen MR) is 89.3 cm³/mol. The van der Waals surface area contributed by atoms with E-state index in [9.17, 15) is 0 Å². The van der Waals surface area contributed by atoms with E-state index in [0.29, 0.717) is 0 Å². The summed E-state index contributed by atoms with van der Waals surface area (Å²) in [7, 11) is 0. The SMILES string of the molecule is CCC(C)C(C)C(C)C(C)C(C)C(C)C(C)C(C)C. The average molecular weight is 269 g/mol.